The van der Waals surface area contributed by atoms with Crippen LogP contribution < -0.4 is 5.32 Å². The molecule has 0 rings (SSSR count). The molecular weight excluding hydrogens is 294 g/mol. The minimum atomic E-state index is -3.26. The largest absolute Gasteiger partial charge is 0.481 e. The Labute approximate surface area is 118 Å². The van der Waals surface area contributed by atoms with Gasteiger partial charge in [-0.25, -0.2) is 9.59 Å². The van der Waals surface area contributed by atoms with Gasteiger partial charge >= 0.3 is 17.9 Å². The van der Waals surface area contributed by atoms with Crippen LogP contribution in [-0.2, 0) is 19.2 Å². The van der Waals surface area contributed by atoms with Gasteiger partial charge in [0.05, 0.1) is 0 Å². The van der Waals surface area contributed by atoms with Crippen LogP contribution in [-0.4, -0.2) is 61.0 Å². The van der Waals surface area contributed by atoms with Crippen molar-refractivity contribution in [1.29, 1.82) is 0 Å². The molecule has 0 heterocycles. The van der Waals surface area contributed by atoms with E-state index in [4.69, 9.17) is 15.3 Å². The van der Waals surface area contributed by atoms with E-state index in [1.807, 2.05) is 0 Å². The quantitative estimate of drug-likeness (QED) is 0.274. The second-order valence-corrected chi connectivity index (χ2v) is 5.16. The van der Waals surface area contributed by atoms with Crippen LogP contribution in [0.2, 0.25) is 0 Å². The standard InChI is InChI=1S/C10H15NO8S/c1-3-20-5(7(14)15)11-8(16)10(19,9(17)18)4(2)6(12)13/h4-5,19H,3H2,1-2H3,(H,11,16)(H,12,13)(H,14,15)(H,17,18). The summed E-state index contributed by atoms with van der Waals surface area (Å²) in [5.41, 5.74) is -3.26. The molecule has 0 fully saturated rings. The molecule has 3 unspecified atom stereocenters. The highest BCUT2D eigenvalue weighted by molar-refractivity contribution is 8.00. The molecule has 3 atom stereocenters. The van der Waals surface area contributed by atoms with Gasteiger partial charge in [-0.2, -0.15) is 0 Å². The second kappa shape index (κ2) is 7.10. The number of carbonyl (C=O) groups excluding carboxylic acids is 1. The molecule has 0 aliphatic heterocycles. The van der Waals surface area contributed by atoms with Gasteiger partial charge in [0.1, 0.15) is 5.92 Å². The third-order valence-corrected chi connectivity index (χ3v) is 3.48. The number of amides is 1. The third kappa shape index (κ3) is 3.84. The van der Waals surface area contributed by atoms with Gasteiger partial charge < -0.3 is 25.7 Å². The lowest BCUT2D eigenvalue weighted by Crippen LogP contribution is -2.60. The number of carboxylic acid groups (broad SMARTS) is 3. The first-order valence-electron chi connectivity index (χ1n) is 5.42. The molecule has 9 nitrogen and oxygen atoms in total. The van der Waals surface area contributed by atoms with Crippen molar-refractivity contribution >= 4 is 35.6 Å². The number of aliphatic hydroxyl groups is 1. The minimum absolute atomic E-state index is 0.303. The van der Waals surface area contributed by atoms with E-state index in [0.717, 1.165) is 18.7 Å². The zero-order valence-electron chi connectivity index (χ0n) is 10.7. The third-order valence-electron chi connectivity index (χ3n) is 2.49. The Bertz CT molecular complexity index is 425. The first-order chi connectivity index (χ1) is 9.08. The van der Waals surface area contributed by atoms with E-state index in [9.17, 15) is 24.3 Å². The molecule has 0 radical (unpaired) electrons. The molecule has 20 heavy (non-hydrogen) atoms. The molecule has 0 aromatic carbocycles. The molecular formula is C10H15NO8S. The van der Waals surface area contributed by atoms with Gasteiger partial charge in [-0.05, 0) is 12.7 Å². The Hall–Kier alpha value is -1.81. The number of hydrogen-bond acceptors (Lipinski definition) is 6. The highest BCUT2D eigenvalue weighted by Gasteiger charge is 2.53. The summed E-state index contributed by atoms with van der Waals surface area (Å²) in [7, 11) is 0. The maximum atomic E-state index is 11.8. The molecule has 114 valence electrons. The number of hydrogen-bond donors (Lipinski definition) is 5. The summed E-state index contributed by atoms with van der Waals surface area (Å²) < 4.78 is 0. The van der Waals surface area contributed by atoms with E-state index in [2.05, 4.69) is 0 Å². The summed E-state index contributed by atoms with van der Waals surface area (Å²) in [6.07, 6.45) is 0. The molecule has 0 aromatic rings. The van der Waals surface area contributed by atoms with E-state index in [1.54, 1.807) is 12.2 Å². The van der Waals surface area contributed by atoms with E-state index in [1.165, 1.54) is 0 Å². The predicted molar refractivity (Wildman–Crippen MR) is 67.1 cm³/mol. The van der Waals surface area contributed by atoms with Crippen molar-refractivity contribution < 1.29 is 39.6 Å². The molecule has 0 saturated heterocycles. The molecule has 0 aliphatic rings. The van der Waals surface area contributed by atoms with E-state index in [0.29, 0.717) is 5.75 Å². The van der Waals surface area contributed by atoms with Crippen molar-refractivity contribution in [1.82, 2.24) is 5.32 Å². The summed E-state index contributed by atoms with van der Waals surface area (Å²) in [5, 5.41) is 36.6. The molecule has 5 N–H and O–H groups in total. The smallest absolute Gasteiger partial charge is 0.346 e. The topological polar surface area (TPSA) is 161 Å². The van der Waals surface area contributed by atoms with Crippen LogP contribution in [0.15, 0.2) is 0 Å². The Morgan fingerprint density at radius 1 is 1.15 bits per heavy atom. The Morgan fingerprint density at radius 2 is 1.65 bits per heavy atom. The van der Waals surface area contributed by atoms with Crippen molar-refractivity contribution in [2.24, 2.45) is 5.92 Å². The zero-order valence-corrected chi connectivity index (χ0v) is 11.5. The van der Waals surface area contributed by atoms with Crippen molar-refractivity contribution in [3.8, 4) is 0 Å². The van der Waals surface area contributed by atoms with Crippen LogP contribution >= 0.6 is 11.8 Å². The van der Waals surface area contributed by atoms with E-state index >= 15 is 0 Å². The van der Waals surface area contributed by atoms with Crippen LogP contribution in [0.25, 0.3) is 0 Å². The van der Waals surface area contributed by atoms with Crippen LogP contribution in [0.5, 0.6) is 0 Å². The molecule has 0 saturated carbocycles. The molecule has 10 heteroatoms. The molecule has 0 aromatic heterocycles. The molecule has 0 aliphatic carbocycles. The predicted octanol–water partition coefficient (Wildman–Crippen LogP) is -1.20. The fourth-order valence-corrected chi connectivity index (χ4v) is 1.89. The number of thioether (sulfide) groups is 1. The van der Waals surface area contributed by atoms with Crippen molar-refractivity contribution in [3.05, 3.63) is 0 Å². The summed E-state index contributed by atoms with van der Waals surface area (Å²) in [6, 6.07) is 0. The van der Waals surface area contributed by atoms with Crippen LogP contribution in [0.1, 0.15) is 13.8 Å². The van der Waals surface area contributed by atoms with Gasteiger partial charge in [0.25, 0.3) is 11.5 Å². The van der Waals surface area contributed by atoms with Crippen LogP contribution in [0, 0.1) is 5.92 Å². The number of carbonyl (C=O) groups is 4. The highest BCUT2D eigenvalue weighted by Crippen LogP contribution is 2.20. The first kappa shape index (κ1) is 18.2. The van der Waals surface area contributed by atoms with E-state index in [-0.39, 0.29) is 0 Å². The van der Waals surface area contributed by atoms with Gasteiger partial charge in [0, 0.05) is 0 Å². The Morgan fingerprint density at radius 3 is 1.95 bits per heavy atom. The monoisotopic (exact) mass is 309 g/mol. The number of rotatable bonds is 8. The Balaban J connectivity index is 5.32. The highest BCUT2D eigenvalue weighted by atomic mass is 32.2. The summed E-state index contributed by atoms with van der Waals surface area (Å²) in [6.45, 7) is 2.44. The summed E-state index contributed by atoms with van der Waals surface area (Å²) >= 11 is 0.778. The van der Waals surface area contributed by atoms with Crippen molar-refractivity contribution in [2.75, 3.05) is 5.75 Å². The van der Waals surface area contributed by atoms with Crippen LogP contribution in [0.4, 0.5) is 0 Å². The van der Waals surface area contributed by atoms with Gasteiger partial charge in [0.2, 0.25) is 0 Å². The van der Waals surface area contributed by atoms with Crippen molar-refractivity contribution in [2.45, 2.75) is 24.8 Å². The lowest BCUT2D eigenvalue weighted by molar-refractivity contribution is -0.179. The summed E-state index contributed by atoms with van der Waals surface area (Å²) in [4.78, 5) is 44.4. The summed E-state index contributed by atoms with van der Waals surface area (Å²) in [5.74, 6) is -8.47. The van der Waals surface area contributed by atoms with Crippen LogP contribution in [0.3, 0.4) is 0 Å². The van der Waals surface area contributed by atoms with Crippen molar-refractivity contribution in [3.63, 3.8) is 0 Å². The van der Waals surface area contributed by atoms with E-state index < -0.39 is 40.7 Å². The van der Waals surface area contributed by atoms with Gasteiger partial charge in [-0.15, -0.1) is 11.8 Å². The average Bonchev–Trinajstić information content (AvgIpc) is 2.35. The fourth-order valence-electron chi connectivity index (χ4n) is 1.23. The fraction of sp³-hybridized carbons (Fsp3) is 0.600. The first-order valence-corrected chi connectivity index (χ1v) is 6.47. The zero-order chi connectivity index (χ0) is 16.1. The lowest BCUT2D eigenvalue weighted by Gasteiger charge is -2.27. The van der Waals surface area contributed by atoms with Gasteiger partial charge in [-0.1, -0.05) is 6.92 Å². The average molecular weight is 309 g/mol. The number of carboxylic acids is 3. The second-order valence-electron chi connectivity index (χ2n) is 3.78. The lowest BCUT2D eigenvalue weighted by atomic mass is 9.88. The number of aliphatic carboxylic acids is 3. The van der Waals surface area contributed by atoms with Gasteiger partial charge in [-0.3, -0.25) is 9.59 Å². The minimum Gasteiger partial charge on any atom is -0.481 e. The molecule has 0 spiro atoms. The normalized spacial score (nSPS) is 16.6. The SMILES string of the molecule is CCSC(NC(=O)C(O)(C(=O)O)C(C)C(=O)O)C(=O)O. The van der Waals surface area contributed by atoms with Gasteiger partial charge in [0.15, 0.2) is 5.37 Å². The maximum Gasteiger partial charge on any atom is 0.346 e. The Kier molecular flexibility index (Phi) is 6.46. The number of nitrogens with one attached hydrogen (secondary N) is 1. The maximum absolute atomic E-state index is 11.8. The molecule has 0 bridgehead atoms. The molecule has 1 amide bonds.